The third-order valence-electron chi connectivity index (χ3n) is 2.44. The summed E-state index contributed by atoms with van der Waals surface area (Å²) < 4.78 is 5.43. The monoisotopic (exact) mass is 227 g/mol. The molecule has 1 aromatic heterocycles. The molecule has 0 saturated heterocycles. The van der Waals surface area contributed by atoms with E-state index in [-0.39, 0.29) is 0 Å². The van der Waals surface area contributed by atoms with Gasteiger partial charge in [0.15, 0.2) is 0 Å². The van der Waals surface area contributed by atoms with Gasteiger partial charge >= 0.3 is 0 Å². The van der Waals surface area contributed by atoms with Crippen LogP contribution in [0.25, 0.3) is 0 Å². The summed E-state index contributed by atoms with van der Waals surface area (Å²) in [5.74, 6) is 0. The summed E-state index contributed by atoms with van der Waals surface area (Å²) in [4.78, 5) is 2.92. The van der Waals surface area contributed by atoms with Gasteiger partial charge in [0.1, 0.15) is 0 Å². The predicted octanol–water partition coefficient (Wildman–Crippen LogP) is 2.48. The van der Waals surface area contributed by atoms with Crippen LogP contribution in [0.2, 0.25) is 0 Å². The lowest BCUT2D eigenvalue weighted by Crippen LogP contribution is -2.32. The van der Waals surface area contributed by atoms with Crippen molar-refractivity contribution in [2.75, 3.05) is 20.3 Å². The largest absolute Gasteiger partial charge is 0.380 e. The molecule has 0 aromatic carbocycles. The lowest BCUT2D eigenvalue weighted by molar-refractivity contribution is 0.125. The van der Waals surface area contributed by atoms with Gasteiger partial charge in [0, 0.05) is 22.4 Å². The van der Waals surface area contributed by atoms with Gasteiger partial charge in [0.05, 0.1) is 6.61 Å². The Labute approximate surface area is 96.7 Å². The van der Waals surface area contributed by atoms with Gasteiger partial charge in [0.25, 0.3) is 0 Å². The maximum absolute atomic E-state index is 5.43. The second-order valence-corrected chi connectivity index (χ2v) is 4.82. The third-order valence-corrected chi connectivity index (χ3v) is 3.70. The van der Waals surface area contributed by atoms with Crippen LogP contribution in [0.5, 0.6) is 0 Å². The van der Waals surface area contributed by atoms with E-state index in [1.165, 1.54) is 9.75 Å². The Balaban J connectivity index is 2.43. The molecule has 0 aliphatic carbocycles. The molecule has 1 aromatic rings. The number of aryl methyl sites for hydroxylation is 1. The minimum atomic E-state index is 0.438. The van der Waals surface area contributed by atoms with Gasteiger partial charge in [-0.1, -0.05) is 6.92 Å². The molecule has 0 fully saturated rings. The van der Waals surface area contributed by atoms with Crippen LogP contribution in [0.15, 0.2) is 12.1 Å². The molecule has 1 heterocycles. The zero-order valence-electron chi connectivity index (χ0n) is 9.88. The van der Waals surface area contributed by atoms with Gasteiger partial charge in [-0.25, -0.2) is 0 Å². The first-order valence-electron chi connectivity index (χ1n) is 5.62. The summed E-state index contributed by atoms with van der Waals surface area (Å²) in [6, 6.07) is 4.90. The van der Waals surface area contributed by atoms with Crippen molar-refractivity contribution in [2.24, 2.45) is 0 Å². The molecule has 86 valence electrons. The molecule has 1 atom stereocenters. The van der Waals surface area contributed by atoms with E-state index in [2.05, 4.69) is 24.4 Å². The lowest BCUT2D eigenvalue weighted by atomic mass is 10.2. The summed E-state index contributed by atoms with van der Waals surface area (Å²) in [5, 5.41) is 3.29. The van der Waals surface area contributed by atoms with E-state index in [1.807, 2.05) is 25.3 Å². The molecule has 0 saturated carbocycles. The molecular formula is C12H21NOS. The van der Waals surface area contributed by atoms with Crippen molar-refractivity contribution in [3.05, 3.63) is 21.9 Å². The third kappa shape index (κ3) is 4.33. The van der Waals surface area contributed by atoms with E-state index < -0.39 is 0 Å². The van der Waals surface area contributed by atoms with Crippen LogP contribution in [0.1, 0.15) is 23.6 Å². The molecule has 0 spiro atoms. The van der Waals surface area contributed by atoms with Crippen LogP contribution < -0.4 is 5.32 Å². The minimum Gasteiger partial charge on any atom is -0.380 e. The summed E-state index contributed by atoms with van der Waals surface area (Å²) in [5.41, 5.74) is 0. The van der Waals surface area contributed by atoms with E-state index in [1.54, 1.807) is 0 Å². The van der Waals surface area contributed by atoms with Crippen molar-refractivity contribution < 1.29 is 4.74 Å². The zero-order chi connectivity index (χ0) is 11.1. The van der Waals surface area contributed by atoms with Crippen molar-refractivity contribution in [1.29, 1.82) is 0 Å². The molecule has 1 unspecified atom stereocenters. The molecule has 3 heteroatoms. The maximum atomic E-state index is 5.43. The van der Waals surface area contributed by atoms with E-state index in [0.29, 0.717) is 6.04 Å². The Bertz CT molecular complexity index is 272. The Morgan fingerprint density at radius 3 is 2.60 bits per heavy atom. The van der Waals surface area contributed by atoms with E-state index in [4.69, 9.17) is 4.74 Å². The Kier molecular flexibility index (Phi) is 5.91. The number of thiophene rings is 1. The van der Waals surface area contributed by atoms with Crippen LogP contribution in [-0.2, 0) is 17.6 Å². The Morgan fingerprint density at radius 1 is 1.33 bits per heavy atom. The van der Waals surface area contributed by atoms with Gasteiger partial charge in [-0.3, -0.25) is 0 Å². The van der Waals surface area contributed by atoms with Gasteiger partial charge < -0.3 is 10.1 Å². The average molecular weight is 227 g/mol. The Morgan fingerprint density at radius 2 is 2.07 bits per heavy atom. The second-order valence-electron chi connectivity index (χ2n) is 3.57. The fourth-order valence-corrected chi connectivity index (χ4v) is 2.51. The SMILES string of the molecule is CCOCC(Cc1ccc(CC)s1)NC. The molecule has 0 aliphatic rings. The van der Waals surface area contributed by atoms with Crippen molar-refractivity contribution in [1.82, 2.24) is 5.32 Å². The van der Waals surface area contributed by atoms with Crippen LogP contribution in [0.4, 0.5) is 0 Å². The number of hydrogen-bond acceptors (Lipinski definition) is 3. The maximum Gasteiger partial charge on any atom is 0.0622 e. The minimum absolute atomic E-state index is 0.438. The van der Waals surface area contributed by atoms with Crippen LogP contribution >= 0.6 is 11.3 Å². The number of nitrogens with one attached hydrogen (secondary N) is 1. The summed E-state index contributed by atoms with van der Waals surface area (Å²) in [6.07, 6.45) is 2.21. The van der Waals surface area contributed by atoms with Crippen molar-refractivity contribution in [2.45, 2.75) is 32.7 Å². The average Bonchev–Trinajstić information content (AvgIpc) is 2.71. The van der Waals surface area contributed by atoms with Crippen molar-refractivity contribution >= 4 is 11.3 Å². The molecule has 0 bridgehead atoms. The lowest BCUT2D eigenvalue weighted by Gasteiger charge is -2.14. The van der Waals surface area contributed by atoms with Gasteiger partial charge in [-0.05, 0) is 38.9 Å². The van der Waals surface area contributed by atoms with Gasteiger partial charge in [-0.2, -0.15) is 0 Å². The number of rotatable bonds is 7. The van der Waals surface area contributed by atoms with E-state index >= 15 is 0 Å². The summed E-state index contributed by atoms with van der Waals surface area (Å²) in [7, 11) is 2.00. The highest BCUT2D eigenvalue weighted by Crippen LogP contribution is 2.18. The number of likely N-dealkylation sites (N-methyl/N-ethyl adjacent to an activating group) is 1. The topological polar surface area (TPSA) is 21.3 Å². The Hall–Kier alpha value is -0.380. The predicted molar refractivity (Wildman–Crippen MR) is 66.7 cm³/mol. The molecule has 2 nitrogen and oxygen atoms in total. The van der Waals surface area contributed by atoms with Crippen LogP contribution in [-0.4, -0.2) is 26.3 Å². The molecule has 0 aliphatic heterocycles. The fraction of sp³-hybridized carbons (Fsp3) is 0.667. The molecule has 0 amide bonds. The highest BCUT2D eigenvalue weighted by molar-refractivity contribution is 7.11. The van der Waals surface area contributed by atoms with Crippen molar-refractivity contribution in [3.8, 4) is 0 Å². The molecule has 0 radical (unpaired) electrons. The molecule has 1 N–H and O–H groups in total. The summed E-state index contributed by atoms with van der Waals surface area (Å²) in [6.45, 7) is 5.83. The van der Waals surface area contributed by atoms with E-state index in [9.17, 15) is 0 Å². The van der Waals surface area contributed by atoms with Crippen LogP contribution in [0.3, 0.4) is 0 Å². The first-order valence-corrected chi connectivity index (χ1v) is 6.44. The smallest absolute Gasteiger partial charge is 0.0622 e. The molecule has 15 heavy (non-hydrogen) atoms. The number of ether oxygens (including phenoxy) is 1. The second kappa shape index (κ2) is 6.99. The van der Waals surface area contributed by atoms with Gasteiger partial charge in [0.2, 0.25) is 0 Å². The normalized spacial score (nSPS) is 13.0. The fourth-order valence-electron chi connectivity index (χ4n) is 1.47. The van der Waals surface area contributed by atoms with Gasteiger partial charge in [-0.15, -0.1) is 11.3 Å². The van der Waals surface area contributed by atoms with E-state index in [0.717, 1.165) is 26.1 Å². The molecule has 1 rings (SSSR count). The summed E-state index contributed by atoms with van der Waals surface area (Å²) >= 11 is 1.91. The highest BCUT2D eigenvalue weighted by Gasteiger charge is 2.08. The first-order chi connectivity index (χ1) is 7.30. The highest BCUT2D eigenvalue weighted by atomic mass is 32.1. The zero-order valence-corrected chi connectivity index (χ0v) is 10.7. The molecular weight excluding hydrogens is 206 g/mol. The van der Waals surface area contributed by atoms with Crippen LogP contribution in [0, 0.1) is 0 Å². The standard InChI is InChI=1S/C12H21NOS/c1-4-11-6-7-12(15-11)8-10(13-3)9-14-5-2/h6-7,10,13H,4-5,8-9H2,1-3H3. The first kappa shape index (κ1) is 12.7. The van der Waals surface area contributed by atoms with Crippen molar-refractivity contribution in [3.63, 3.8) is 0 Å². The quantitative estimate of drug-likeness (QED) is 0.772. The number of hydrogen-bond donors (Lipinski definition) is 1.